The van der Waals surface area contributed by atoms with E-state index >= 15 is 8.78 Å². The Labute approximate surface area is 309 Å². The van der Waals surface area contributed by atoms with Gasteiger partial charge in [0.1, 0.15) is 23.4 Å². The van der Waals surface area contributed by atoms with Crippen LogP contribution in [0, 0.1) is 17.6 Å². The van der Waals surface area contributed by atoms with Crippen LogP contribution in [0.3, 0.4) is 0 Å². The number of aromatic nitrogens is 3. The highest BCUT2D eigenvalue weighted by atomic mass is 19.2. The van der Waals surface area contributed by atoms with Crippen LogP contribution in [0.5, 0.6) is 0 Å². The molecule has 6 aromatic rings. The Hall–Kier alpha value is -5.82. The van der Waals surface area contributed by atoms with Crippen LogP contribution in [0.25, 0.3) is 38.6 Å². The number of benzene rings is 2. The number of rotatable bonds is 6. The van der Waals surface area contributed by atoms with E-state index in [0.717, 1.165) is 36.0 Å². The average Bonchev–Trinajstić information content (AvgIpc) is 3.83. The van der Waals surface area contributed by atoms with Gasteiger partial charge in [-0.3, -0.25) is 14.1 Å². The van der Waals surface area contributed by atoms with Gasteiger partial charge in [0.25, 0.3) is 5.56 Å². The standard InChI is InChI=1S/C41H40F2N6O5/c1-41(2,3)54-40(52)47(5)30-17-29(42)34(43)32-33-36(48-16-15-25-19-46(4)21-31(25)48)28(18-44-37(33)45-35(30)32)24-11-12-26-13-14-27(38(50)49(26)20-24)39(51)53-22-23-9-7-6-8-10-23/h6-14,17-18,20,25,31H,15-16,19,21-22H2,1-5H3,(H,44,45)/t25-,31+/m0/s1. The molecule has 0 aliphatic carbocycles. The summed E-state index contributed by atoms with van der Waals surface area (Å²) >= 11 is 0. The van der Waals surface area contributed by atoms with Crippen LogP contribution in [0.4, 0.5) is 25.0 Å². The lowest BCUT2D eigenvalue weighted by atomic mass is 10.00. The van der Waals surface area contributed by atoms with Gasteiger partial charge in [0.15, 0.2) is 11.6 Å². The molecule has 278 valence electrons. The number of likely N-dealkylation sites (N-methyl/N-ethyl adjacent to an activating group) is 1. The Morgan fingerprint density at radius 3 is 2.56 bits per heavy atom. The van der Waals surface area contributed by atoms with Crippen molar-refractivity contribution >= 4 is 50.9 Å². The predicted octanol–water partition coefficient (Wildman–Crippen LogP) is 7.14. The van der Waals surface area contributed by atoms with Gasteiger partial charge in [0.2, 0.25) is 0 Å². The molecular formula is C41H40F2N6O5. The van der Waals surface area contributed by atoms with Crippen LogP contribution in [-0.4, -0.2) is 76.7 Å². The molecule has 2 atom stereocenters. The SMILES string of the molecule is CN1C[C@@H]2CCN(c3c(-c4ccc5ccc(C(=O)OCc6ccccc6)c(=O)n5c4)cnc4[nH]c5c(N(C)C(=O)OC(C)(C)C)cc(F)c(F)c5c34)[C@@H]2C1. The molecule has 0 saturated carbocycles. The number of carbonyl (C=O) groups is 2. The number of nitrogens with zero attached hydrogens (tertiary/aromatic N) is 5. The van der Waals surface area contributed by atoms with Gasteiger partial charge < -0.3 is 24.3 Å². The fraction of sp³-hybridized carbons (Fsp3) is 0.317. The highest BCUT2D eigenvalue weighted by Gasteiger charge is 2.42. The number of anilines is 2. The fourth-order valence-electron chi connectivity index (χ4n) is 7.89. The minimum atomic E-state index is -1.13. The van der Waals surface area contributed by atoms with Crippen molar-refractivity contribution in [1.82, 2.24) is 19.3 Å². The Bertz CT molecular complexity index is 2530. The number of pyridine rings is 3. The predicted molar refractivity (Wildman–Crippen MR) is 203 cm³/mol. The number of carbonyl (C=O) groups excluding carboxylic acids is 2. The Morgan fingerprint density at radius 1 is 1.04 bits per heavy atom. The third-order valence-electron chi connectivity index (χ3n) is 10.4. The first kappa shape index (κ1) is 35.2. The van der Waals surface area contributed by atoms with E-state index in [-0.39, 0.29) is 34.8 Å². The van der Waals surface area contributed by atoms with E-state index in [1.165, 1.54) is 17.5 Å². The zero-order chi connectivity index (χ0) is 38.1. The normalized spacial score (nSPS) is 17.4. The van der Waals surface area contributed by atoms with Gasteiger partial charge in [-0.1, -0.05) is 36.4 Å². The second-order valence-corrected chi connectivity index (χ2v) is 15.2. The van der Waals surface area contributed by atoms with Crippen LogP contribution in [0.15, 0.2) is 77.9 Å². The quantitative estimate of drug-likeness (QED) is 0.180. The van der Waals surface area contributed by atoms with Crippen LogP contribution in [0.1, 0.15) is 43.1 Å². The summed E-state index contributed by atoms with van der Waals surface area (Å²) in [5, 5.41) is 0.315. The summed E-state index contributed by atoms with van der Waals surface area (Å²) in [4.78, 5) is 53.7. The van der Waals surface area contributed by atoms with Gasteiger partial charge in [-0.2, -0.15) is 0 Å². The third kappa shape index (κ3) is 6.11. The van der Waals surface area contributed by atoms with Gasteiger partial charge in [-0.05, 0) is 63.9 Å². The molecule has 1 N–H and O–H groups in total. The molecule has 54 heavy (non-hydrogen) atoms. The second kappa shape index (κ2) is 13.2. The number of hydrogen-bond donors (Lipinski definition) is 1. The molecule has 1 amide bonds. The molecule has 2 aliphatic heterocycles. The van der Waals surface area contributed by atoms with E-state index in [9.17, 15) is 14.4 Å². The van der Waals surface area contributed by atoms with Gasteiger partial charge in [0.05, 0.1) is 27.7 Å². The molecule has 0 bridgehead atoms. The van der Waals surface area contributed by atoms with Gasteiger partial charge >= 0.3 is 12.1 Å². The van der Waals surface area contributed by atoms with Crippen molar-refractivity contribution in [2.45, 2.75) is 45.4 Å². The monoisotopic (exact) mass is 734 g/mol. The maximum atomic E-state index is 16.3. The number of ether oxygens (including phenoxy) is 2. The Kier molecular flexibility index (Phi) is 8.63. The maximum absolute atomic E-state index is 16.3. The maximum Gasteiger partial charge on any atom is 0.414 e. The molecule has 11 nitrogen and oxygen atoms in total. The van der Waals surface area contributed by atoms with Crippen molar-refractivity contribution in [3.05, 3.63) is 106 Å². The van der Waals surface area contributed by atoms with Gasteiger partial charge in [-0.25, -0.2) is 23.4 Å². The molecule has 0 unspecified atom stereocenters. The lowest BCUT2D eigenvalue weighted by molar-refractivity contribution is 0.0469. The molecule has 2 aliphatic rings. The van der Waals surface area contributed by atoms with Gasteiger partial charge in [0, 0.05) is 67.8 Å². The fourth-order valence-corrected chi connectivity index (χ4v) is 7.89. The molecule has 2 fully saturated rings. The van der Waals surface area contributed by atoms with Crippen LogP contribution >= 0.6 is 0 Å². The van der Waals surface area contributed by atoms with E-state index in [1.54, 1.807) is 45.3 Å². The first-order chi connectivity index (χ1) is 25.8. The number of fused-ring (bicyclic) bond motifs is 5. The summed E-state index contributed by atoms with van der Waals surface area (Å²) in [7, 11) is 3.51. The number of esters is 1. The molecule has 0 spiro atoms. The topological polar surface area (TPSA) is 112 Å². The zero-order valence-electron chi connectivity index (χ0n) is 30.7. The summed E-state index contributed by atoms with van der Waals surface area (Å²) in [6.45, 7) is 7.53. The number of halogens is 2. The number of H-pyrrole nitrogens is 1. The van der Waals surface area contributed by atoms with Crippen LogP contribution < -0.4 is 15.4 Å². The molecular weight excluding hydrogens is 694 g/mol. The lowest BCUT2D eigenvalue weighted by Gasteiger charge is -2.29. The van der Waals surface area contributed by atoms with Crippen LogP contribution in [-0.2, 0) is 16.1 Å². The van der Waals surface area contributed by atoms with E-state index in [1.807, 2.05) is 36.4 Å². The van der Waals surface area contributed by atoms with E-state index in [0.29, 0.717) is 45.8 Å². The zero-order valence-corrected chi connectivity index (χ0v) is 30.7. The Morgan fingerprint density at radius 2 is 1.80 bits per heavy atom. The smallest absolute Gasteiger partial charge is 0.414 e. The number of aromatic amines is 1. The van der Waals surface area contributed by atoms with E-state index < -0.39 is 34.9 Å². The molecule has 13 heteroatoms. The molecule has 6 heterocycles. The molecule has 4 aromatic heterocycles. The van der Waals surface area contributed by atoms with Crippen molar-refractivity contribution < 1.29 is 27.8 Å². The Balaban J connectivity index is 1.30. The number of likely N-dealkylation sites (tertiary alicyclic amines) is 1. The van der Waals surface area contributed by atoms with E-state index in [2.05, 4.69) is 21.8 Å². The minimum Gasteiger partial charge on any atom is -0.457 e. The number of nitrogens with one attached hydrogen (secondary N) is 1. The minimum absolute atomic E-state index is 0.0150. The summed E-state index contributed by atoms with van der Waals surface area (Å²) in [5.74, 6) is -2.60. The van der Waals surface area contributed by atoms with Crippen molar-refractivity contribution in [2.75, 3.05) is 43.5 Å². The van der Waals surface area contributed by atoms with Crippen molar-refractivity contribution in [3.63, 3.8) is 0 Å². The first-order valence-corrected chi connectivity index (χ1v) is 17.9. The third-order valence-corrected chi connectivity index (χ3v) is 10.4. The van der Waals surface area contributed by atoms with Gasteiger partial charge in [-0.15, -0.1) is 0 Å². The summed E-state index contributed by atoms with van der Waals surface area (Å²) < 4.78 is 44.4. The summed E-state index contributed by atoms with van der Waals surface area (Å²) in [6, 6.07) is 17.0. The molecule has 2 saturated heterocycles. The average molecular weight is 735 g/mol. The summed E-state index contributed by atoms with van der Waals surface area (Å²) in [5.41, 5.74) is 2.23. The molecule has 8 rings (SSSR count). The van der Waals surface area contributed by atoms with E-state index in [4.69, 9.17) is 14.5 Å². The largest absolute Gasteiger partial charge is 0.457 e. The lowest BCUT2D eigenvalue weighted by Crippen LogP contribution is -2.35. The number of amides is 1. The number of hydrogen-bond acceptors (Lipinski definition) is 8. The van der Waals surface area contributed by atoms with Crippen LogP contribution in [0.2, 0.25) is 0 Å². The highest BCUT2D eigenvalue weighted by molar-refractivity contribution is 6.19. The molecule has 2 aromatic carbocycles. The van der Waals surface area contributed by atoms with Crippen molar-refractivity contribution in [2.24, 2.45) is 5.92 Å². The van der Waals surface area contributed by atoms with Crippen molar-refractivity contribution in [1.29, 1.82) is 0 Å². The van der Waals surface area contributed by atoms with Crippen molar-refractivity contribution in [3.8, 4) is 11.1 Å². The molecule has 0 radical (unpaired) electrons. The second-order valence-electron chi connectivity index (χ2n) is 15.2. The highest BCUT2D eigenvalue weighted by Crippen LogP contribution is 2.47. The first-order valence-electron chi connectivity index (χ1n) is 17.9. The summed E-state index contributed by atoms with van der Waals surface area (Å²) in [6.07, 6.45) is 3.47.